The molecule has 0 radical (unpaired) electrons. The van der Waals surface area contributed by atoms with E-state index < -0.39 is 0 Å². The zero-order valence-corrected chi connectivity index (χ0v) is 5.10. The van der Waals surface area contributed by atoms with E-state index >= 15 is 0 Å². The van der Waals surface area contributed by atoms with E-state index in [-0.39, 0.29) is 18.8 Å². The van der Waals surface area contributed by atoms with E-state index in [2.05, 4.69) is 9.98 Å². The Labute approximate surface area is 57.1 Å². The Bertz CT molecular complexity index is 174. The molecule has 10 heavy (non-hydrogen) atoms. The van der Waals surface area contributed by atoms with Gasteiger partial charge in [0.15, 0.2) is 5.78 Å². The van der Waals surface area contributed by atoms with E-state index in [1.165, 1.54) is 12.6 Å². The van der Waals surface area contributed by atoms with Crippen LogP contribution in [0.1, 0.15) is 0 Å². The lowest BCUT2D eigenvalue weighted by molar-refractivity contribution is -0.122. The van der Waals surface area contributed by atoms with Gasteiger partial charge >= 0.3 is 0 Å². The maximum atomic E-state index is 10.2. The standard InChI is InChI=1S/C4H4N2O.CH2O2/c7-4-1-5-3-6-2-4;2-1-3/h1,3H,2H2;1H,(H,2,3). The van der Waals surface area contributed by atoms with Crippen molar-refractivity contribution in [3.63, 3.8) is 0 Å². The second kappa shape index (κ2) is 5.61. The number of Topliss-reactive ketones (excluding diaryl/α,β-unsaturated/α-hetero) is 1. The summed E-state index contributed by atoms with van der Waals surface area (Å²) in [6.07, 6.45) is 2.65. The minimum atomic E-state index is -0.250. The number of ketones is 1. The molecule has 0 amide bonds. The van der Waals surface area contributed by atoms with Gasteiger partial charge in [-0.1, -0.05) is 0 Å². The molecule has 5 nitrogen and oxygen atoms in total. The van der Waals surface area contributed by atoms with Gasteiger partial charge in [-0.05, 0) is 0 Å². The number of hydrogen-bond acceptors (Lipinski definition) is 4. The topological polar surface area (TPSA) is 79.1 Å². The molecule has 0 saturated heterocycles. The molecule has 1 rings (SSSR count). The Morgan fingerprint density at radius 1 is 1.70 bits per heavy atom. The summed E-state index contributed by atoms with van der Waals surface area (Å²) in [6.45, 7) is 0.0174. The van der Waals surface area contributed by atoms with Gasteiger partial charge in [0.2, 0.25) is 0 Å². The predicted octanol–water partition coefficient (Wildman–Crippen LogP) is -0.631. The summed E-state index contributed by atoms with van der Waals surface area (Å²) in [5, 5.41) is 6.89. The van der Waals surface area contributed by atoms with Gasteiger partial charge in [0, 0.05) is 0 Å². The van der Waals surface area contributed by atoms with Crippen molar-refractivity contribution in [3.8, 4) is 0 Å². The van der Waals surface area contributed by atoms with Gasteiger partial charge in [-0.25, -0.2) is 4.99 Å². The average Bonchev–Trinajstić information content (AvgIpc) is 1.91. The zero-order chi connectivity index (χ0) is 7.82. The molecule has 0 spiro atoms. The third kappa shape index (κ3) is 4.63. The van der Waals surface area contributed by atoms with Crippen molar-refractivity contribution >= 4 is 24.8 Å². The van der Waals surface area contributed by atoms with Crippen LogP contribution in [0.4, 0.5) is 0 Å². The summed E-state index contributed by atoms with van der Waals surface area (Å²) < 4.78 is 0. The molecular weight excluding hydrogens is 136 g/mol. The summed E-state index contributed by atoms with van der Waals surface area (Å²) in [4.78, 5) is 25.6. The van der Waals surface area contributed by atoms with Crippen LogP contribution in [0.25, 0.3) is 0 Å². The Morgan fingerprint density at radius 3 is 2.50 bits per heavy atom. The molecule has 1 aliphatic rings. The van der Waals surface area contributed by atoms with E-state index in [0.717, 1.165) is 0 Å². The summed E-state index contributed by atoms with van der Waals surface area (Å²) >= 11 is 0. The van der Waals surface area contributed by atoms with E-state index in [0.29, 0.717) is 0 Å². The number of hydrogen-bond donors (Lipinski definition) is 1. The van der Waals surface area contributed by atoms with Crippen molar-refractivity contribution in [2.45, 2.75) is 0 Å². The van der Waals surface area contributed by atoms with E-state index in [1.54, 1.807) is 0 Å². The first-order valence-corrected chi connectivity index (χ1v) is 2.43. The molecule has 54 valence electrons. The van der Waals surface area contributed by atoms with Gasteiger partial charge < -0.3 is 5.11 Å². The number of carboxylic acid groups (broad SMARTS) is 1. The molecule has 1 N–H and O–H groups in total. The first-order chi connectivity index (χ1) is 4.81. The van der Waals surface area contributed by atoms with Crippen molar-refractivity contribution in [1.29, 1.82) is 0 Å². The number of carbonyl (C=O) groups is 2. The average molecular weight is 142 g/mol. The van der Waals surface area contributed by atoms with Crippen LogP contribution in [-0.4, -0.2) is 36.5 Å². The monoisotopic (exact) mass is 142 g/mol. The molecule has 0 aliphatic carbocycles. The first-order valence-electron chi connectivity index (χ1n) is 2.43. The quantitative estimate of drug-likeness (QED) is 0.457. The fourth-order valence-corrected chi connectivity index (χ4v) is 0.335. The molecule has 0 aromatic carbocycles. The van der Waals surface area contributed by atoms with Gasteiger partial charge in [0.05, 0.1) is 6.21 Å². The number of carbonyl (C=O) groups excluding carboxylic acids is 1. The van der Waals surface area contributed by atoms with Crippen LogP contribution < -0.4 is 0 Å². The fourth-order valence-electron chi connectivity index (χ4n) is 0.335. The highest BCUT2D eigenvalue weighted by atomic mass is 16.3. The third-order valence-corrected chi connectivity index (χ3v) is 0.614. The molecule has 0 aromatic heterocycles. The van der Waals surface area contributed by atoms with Gasteiger partial charge in [-0.15, -0.1) is 0 Å². The highest BCUT2D eigenvalue weighted by Crippen LogP contribution is 1.76. The lowest BCUT2D eigenvalue weighted by atomic mass is 10.4. The van der Waals surface area contributed by atoms with Crippen LogP contribution >= 0.6 is 0 Å². The molecule has 0 atom stereocenters. The lowest BCUT2D eigenvalue weighted by Gasteiger charge is -1.88. The first kappa shape index (κ1) is 8.48. The summed E-state index contributed by atoms with van der Waals surface area (Å²) in [7, 11) is 0. The number of aliphatic imine (C=N–C) groups is 2. The van der Waals surface area contributed by atoms with E-state index in [9.17, 15) is 4.79 Å². The molecule has 5 heteroatoms. The van der Waals surface area contributed by atoms with Crippen molar-refractivity contribution < 1.29 is 14.7 Å². The minimum absolute atomic E-state index is 0.0255. The van der Waals surface area contributed by atoms with Crippen LogP contribution in [0.5, 0.6) is 0 Å². The molecule has 1 aliphatic heterocycles. The number of rotatable bonds is 0. The fraction of sp³-hybridized carbons (Fsp3) is 0.200. The Hall–Kier alpha value is -1.52. The molecule has 0 fully saturated rings. The third-order valence-electron chi connectivity index (χ3n) is 0.614. The second-order valence-corrected chi connectivity index (χ2v) is 1.31. The van der Waals surface area contributed by atoms with Crippen molar-refractivity contribution in [3.05, 3.63) is 0 Å². The van der Waals surface area contributed by atoms with Crippen LogP contribution in [0.15, 0.2) is 9.98 Å². The molecule has 0 unspecified atom stereocenters. The highest BCUT2D eigenvalue weighted by Gasteiger charge is 1.94. The van der Waals surface area contributed by atoms with Crippen LogP contribution in [-0.2, 0) is 9.59 Å². The second-order valence-electron chi connectivity index (χ2n) is 1.31. The Kier molecular flexibility index (Phi) is 4.76. The molecule has 0 saturated carbocycles. The van der Waals surface area contributed by atoms with E-state index in [1.807, 2.05) is 0 Å². The normalized spacial score (nSPS) is 13.8. The predicted molar refractivity (Wildman–Crippen MR) is 35.6 cm³/mol. The van der Waals surface area contributed by atoms with Crippen LogP contribution in [0, 0.1) is 0 Å². The largest absolute Gasteiger partial charge is 0.483 e. The molecule has 0 aromatic rings. The van der Waals surface area contributed by atoms with Gasteiger partial charge in [0.1, 0.15) is 12.9 Å². The molecular formula is C5H6N2O3. The summed E-state index contributed by atoms with van der Waals surface area (Å²) in [5.74, 6) is -0.0255. The molecule has 0 bridgehead atoms. The van der Waals surface area contributed by atoms with Crippen molar-refractivity contribution in [2.24, 2.45) is 9.98 Å². The lowest BCUT2D eigenvalue weighted by Crippen LogP contribution is -2.06. The Balaban J connectivity index is 0.000000236. The van der Waals surface area contributed by atoms with Crippen LogP contribution in [0.3, 0.4) is 0 Å². The SMILES string of the molecule is O=C1C=NC=NC1.O=CO. The van der Waals surface area contributed by atoms with Crippen molar-refractivity contribution in [1.82, 2.24) is 0 Å². The smallest absolute Gasteiger partial charge is 0.290 e. The van der Waals surface area contributed by atoms with Gasteiger partial charge in [-0.2, -0.15) is 0 Å². The Morgan fingerprint density at radius 2 is 2.30 bits per heavy atom. The van der Waals surface area contributed by atoms with Crippen molar-refractivity contribution in [2.75, 3.05) is 6.54 Å². The number of nitrogens with zero attached hydrogens (tertiary/aromatic N) is 2. The van der Waals surface area contributed by atoms with Gasteiger partial charge in [-0.3, -0.25) is 14.6 Å². The van der Waals surface area contributed by atoms with Gasteiger partial charge in [0.25, 0.3) is 6.47 Å². The maximum absolute atomic E-state index is 10.2. The summed E-state index contributed by atoms with van der Waals surface area (Å²) in [5.41, 5.74) is 0. The maximum Gasteiger partial charge on any atom is 0.290 e. The molecule has 1 heterocycles. The summed E-state index contributed by atoms with van der Waals surface area (Å²) in [6, 6.07) is 0. The minimum Gasteiger partial charge on any atom is -0.483 e. The highest BCUT2D eigenvalue weighted by molar-refractivity contribution is 6.30. The van der Waals surface area contributed by atoms with Crippen LogP contribution in [0.2, 0.25) is 0 Å². The van der Waals surface area contributed by atoms with E-state index in [4.69, 9.17) is 9.90 Å². The zero-order valence-electron chi connectivity index (χ0n) is 5.10.